The van der Waals surface area contributed by atoms with Crippen LogP contribution < -0.4 is 11.1 Å². The first-order valence-electron chi connectivity index (χ1n) is 7.31. The number of nitrogens with one attached hydrogen (secondary N) is 1. The van der Waals surface area contributed by atoms with E-state index in [-0.39, 0.29) is 10.7 Å². The minimum atomic E-state index is -3.56. The summed E-state index contributed by atoms with van der Waals surface area (Å²) in [5.74, 6) is 2.44. The second-order valence-corrected chi connectivity index (χ2v) is 9.19. The molecule has 1 aromatic heterocycles. The maximum atomic E-state index is 12.3. The molecule has 0 amide bonds. The van der Waals surface area contributed by atoms with Crippen LogP contribution in [0.25, 0.3) is 0 Å². The third-order valence-corrected chi connectivity index (χ3v) is 7.66. The topological polar surface area (TPSA) is 88.3 Å². The molecule has 2 fully saturated rings. The molecule has 1 heterocycles. The van der Waals surface area contributed by atoms with Gasteiger partial charge in [-0.3, -0.25) is 0 Å². The molecule has 1 aromatic rings. The third-order valence-electron chi connectivity index (χ3n) is 4.82. The predicted molar refractivity (Wildman–Crippen MR) is 84.8 cm³/mol. The van der Waals surface area contributed by atoms with Gasteiger partial charge in [0.2, 0.25) is 10.0 Å². The van der Waals surface area contributed by atoms with Gasteiger partial charge in [-0.25, -0.2) is 12.7 Å². The summed E-state index contributed by atoms with van der Waals surface area (Å²) in [5, 5.41) is 3.87. The van der Waals surface area contributed by atoms with Gasteiger partial charge in [0.1, 0.15) is 5.00 Å². The number of fused-ring (bicyclic) bond motifs is 2. The fourth-order valence-corrected chi connectivity index (χ4v) is 5.77. The lowest BCUT2D eigenvalue weighted by atomic mass is 9.89. The number of nitrogens with two attached hydrogens (primary N) is 1. The Labute approximate surface area is 129 Å². The van der Waals surface area contributed by atoms with E-state index in [0.29, 0.717) is 10.9 Å². The molecule has 21 heavy (non-hydrogen) atoms. The van der Waals surface area contributed by atoms with E-state index in [4.69, 9.17) is 5.73 Å². The van der Waals surface area contributed by atoms with Crippen molar-refractivity contribution in [3.63, 3.8) is 0 Å². The maximum absolute atomic E-state index is 12.3. The summed E-state index contributed by atoms with van der Waals surface area (Å²) >= 11 is 1.13. The Balaban J connectivity index is 1.75. The SMILES string of the molecule is CN(C)S(=O)(=O)c1c(N)nsc1NCC1CC2CCC1C2. The first-order valence-corrected chi connectivity index (χ1v) is 9.52. The third kappa shape index (κ3) is 2.64. The summed E-state index contributed by atoms with van der Waals surface area (Å²) in [6.07, 6.45) is 5.31. The van der Waals surface area contributed by atoms with Crippen LogP contribution in [-0.2, 0) is 10.0 Å². The lowest BCUT2D eigenvalue weighted by molar-refractivity contribution is 0.348. The van der Waals surface area contributed by atoms with Gasteiger partial charge in [0.05, 0.1) is 0 Å². The van der Waals surface area contributed by atoms with Gasteiger partial charge in [-0.1, -0.05) is 6.42 Å². The average Bonchev–Trinajstić information content (AvgIpc) is 3.10. The first kappa shape index (κ1) is 15.1. The van der Waals surface area contributed by atoms with Crippen molar-refractivity contribution in [2.75, 3.05) is 31.7 Å². The molecular weight excluding hydrogens is 308 g/mol. The average molecular weight is 330 g/mol. The van der Waals surface area contributed by atoms with E-state index in [1.807, 2.05) is 0 Å². The smallest absolute Gasteiger partial charge is 0.249 e. The molecule has 3 rings (SSSR count). The number of anilines is 2. The lowest BCUT2D eigenvalue weighted by Crippen LogP contribution is -2.25. The van der Waals surface area contributed by atoms with Crippen LogP contribution in [0.15, 0.2) is 4.90 Å². The van der Waals surface area contributed by atoms with Gasteiger partial charge in [0, 0.05) is 20.6 Å². The summed E-state index contributed by atoms with van der Waals surface area (Å²) in [7, 11) is -0.545. The van der Waals surface area contributed by atoms with E-state index in [1.54, 1.807) is 0 Å². The van der Waals surface area contributed by atoms with Crippen molar-refractivity contribution in [2.45, 2.75) is 30.6 Å². The Morgan fingerprint density at radius 3 is 2.71 bits per heavy atom. The Kier molecular flexibility index (Phi) is 3.87. The number of hydrogen-bond donors (Lipinski definition) is 2. The van der Waals surface area contributed by atoms with Crippen LogP contribution in [0.1, 0.15) is 25.7 Å². The molecule has 2 aliphatic rings. The Morgan fingerprint density at radius 1 is 1.38 bits per heavy atom. The van der Waals surface area contributed by atoms with Crippen molar-refractivity contribution in [2.24, 2.45) is 17.8 Å². The number of nitrogen functional groups attached to an aromatic ring is 1. The highest BCUT2D eigenvalue weighted by atomic mass is 32.2. The zero-order valence-electron chi connectivity index (χ0n) is 12.4. The normalized spacial score (nSPS) is 28.4. The molecule has 0 spiro atoms. The zero-order valence-corrected chi connectivity index (χ0v) is 14.0. The minimum absolute atomic E-state index is 0.0872. The summed E-state index contributed by atoms with van der Waals surface area (Å²) < 4.78 is 29.8. The summed E-state index contributed by atoms with van der Waals surface area (Å²) in [6.45, 7) is 0.818. The highest BCUT2D eigenvalue weighted by Gasteiger charge is 2.39. The van der Waals surface area contributed by atoms with Crippen LogP contribution in [0.2, 0.25) is 0 Å². The van der Waals surface area contributed by atoms with Crippen LogP contribution >= 0.6 is 11.5 Å². The van der Waals surface area contributed by atoms with E-state index in [2.05, 4.69) is 9.69 Å². The number of aromatic nitrogens is 1. The minimum Gasteiger partial charge on any atom is -0.382 e. The van der Waals surface area contributed by atoms with Crippen LogP contribution in [-0.4, -0.2) is 37.7 Å². The number of hydrogen-bond acceptors (Lipinski definition) is 6. The summed E-state index contributed by atoms with van der Waals surface area (Å²) in [4.78, 5) is 0.126. The number of rotatable bonds is 5. The van der Waals surface area contributed by atoms with Crippen LogP contribution in [0.4, 0.5) is 10.8 Å². The number of sulfonamides is 1. The van der Waals surface area contributed by atoms with Gasteiger partial charge in [0.25, 0.3) is 0 Å². The molecule has 3 N–H and O–H groups in total. The molecule has 2 saturated carbocycles. The van der Waals surface area contributed by atoms with Gasteiger partial charge >= 0.3 is 0 Å². The molecule has 3 unspecified atom stereocenters. The van der Waals surface area contributed by atoms with Gasteiger partial charge in [-0.2, -0.15) is 4.37 Å². The molecular formula is C13H22N4O2S2. The van der Waals surface area contributed by atoms with E-state index in [0.717, 1.165) is 29.9 Å². The van der Waals surface area contributed by atoms with Gasteiger partial charge < -0.3 is 11.1 Å². The molecule has 0 radical (unpaired) electrons. The van der Waals surface area contributed by atoms with Crippen LogP contribution in [0.5, 0.6) is 0 Å². The van der Waals surface area contributed by atoms with Crippen LogP contribution in [0.3, 0.4) is 0 Å². The second kappa shape index (κ2) is 5.40. The Morgan fingerprint density at radius 2 is 2.14 bits per heavy atom. The highest BCUT2D eigenvalue weighted by Crippen LogP contribution is 2.48. The van der Waals surface area contributed by atoms with Crippen molar-refractivity contribution in [3.8, 4) is 0 Å². The second-order valence-electron chi connectivity index (χ2n) is 6.33. The molecule has 8 heteroatoms. The Hall–Kier alpha value is -0.860. The quantitative estimate of drug-likeness (QED) is 0.860. The van der Waals surface area contributed by atoms with Crippen molar-refractivity contribution in [1.82, 2.24) is 8.68 Å². The summed E-state index contributed by atoms with van der Waals surface area (Å²) in [5.41, 5.74) is 5.76. The fraction of sp³-hybridized carbons (Fsp3) is 0.769. The van der Waals surface area contributed by atoms with Gasteiger partial charge in [-0.05, 0) is 48.5 Å². The number of nitrogens with zero attached hydrogens (tertiary/aromatic N) is 2. The van der Waals surface area contributed by atoms with Gasteiger partial charge in [0.15, 0.2) is 10.7 Å². The fourth-order valence-electron chi connectivity index (χ4n) is 3.69. The summed E-state index contributed by atoms with van der Waals surface area (Å²) in [6, 6.07) is 0. The molecule has 6 nitrogen and oxygen atoms in total. The Bertz CT molecular complexity index is 626. The van der Waals surface area contributed by atoms with E-state index in [9.17, 15) is 8.42 Å². The highest BCUT2D eigenvalue weighted by molar-refractivity contribution is 7.89. The van der Waals surface area contributed by atoms with Crippen molar-refractivity contribution < 1.29 is 8.42 Å². The molecule has 2 bridgehead atoms. The molecule has 0 aromatic carbocycles. The first-order chi connectivity index (χ1) is 9.89. The van der Waals surface area contributed by atoms with Gasteiger partial charge in [-0.15, -0.1) is 0 Å². The molecule has 3 atom stereocenters. The van der Waals surface area contributed by atoms with E-state index >= 15 is 0 Å². The molecule has 0 saturated heterocycles. The van der Waals surface area contributed by atoms with Crippen molar-refractivity contribution >= 4 is 32.4 Å². The van der Waals surface area contributed by atoms with Crippen molar-refractivity contribution in [3.05, 3.63) is 0 Å². The molecule has 2 aliphatic carbocycles. The van der Waals surface area contributed by atoms with E-state index < -0.39 is 10.0 Å². The molecule has 118 valence electrons. The largest absolute Gasteiger partial charge is 0.382 e. The monoisotopic (exact) mass is 330 g/mol. The van der Waals surface area contributed by atoms with E-state index in [1.165, 1.54) is 44.1 Å². The van der Waals surface area contributed by atoms with Crippen molar-refractivity contribution in [1.29, 1.82) is 0 Å². The predicted octanol–water partition coefficient (Wildman–Crippen LogP) is 1.82. The standard InChI is InChI=1S/C13H22N4O2S2/c1-17(2)21(18,19)11-12(14)16-20-13(11)15-7-10-6-8-3-4-9(10)5-8/h8-10,15H,3-7H2,1-2H3,(H2,14,16). The lowest BCUT2D eigenvalue weighted by Gasteiger charge is -2.22. The van der Waals surface area contributed by atoms with Crippen LogP contribution in [0, 0.1) is 17.8 Å². The zero-order chi connectivity index (χ0) is 15.2. The molecule has 0 aliphatic heterocycles. The maximum Gasteiger partial charge on any atom is 0.249 e.